The van der Waals surface area contributed by atoms with Crippen molar-refractivity contribution in [3.63, 3.8) is 0 Å². The van der Waals surface area contributed by atoms with E-state index in [2.05, 4.69) is 12.2 Å². The fourth-order valence-electron chi connectivity index (χ4n) is 2.63. The summed E-state index contributed by atoms with van der Waals surface area (Å²) >= 11 is 0. The van der Waals surface area contributed by atoms with Crippen LogP contribution >= 0.6 is 0 Å². The van der Waals surface area contributed by atoms with Crippen LogP contribution in [0.15, 0.2) is 0 Å². The first-order valence-corrected chi connectivity index (χ1v) is 6.32. The fourth-order valence-corrected chi connectivity index (χ4v) is 2.63. The van der Waals surface area contributed by atoms with Crippen LogP contribution in [0.25, 0.3) is 0 Å². The molecule has 3 unspecified atom stereocenters. The molecule has 4 nitrogen and oxygen atoms in total. The first-order valence-electron chi connectivity index (χ1n) is 6.32. The molecule has 2 fully saturated rings. The topological polar surface area (TPSA) is 41.6 Å². The molecule has 2 aliphatic rings. The molecule has 0 aromatic carbocycles. The van der Waals surface area contributed by atoms with E-state index in [-0.39, 0.29) is 12.0 Å². The number of ether oxygens (including phenoxy) is 1. The summed E-state index contributed by atoms with van der Waals surface area (Å²) < 4.78 is 5.56. The zero-order valence-corrected chi connectivity index (χ0v) is 10.2. The first kappa shape index (κ1) is 11.9. The minimum Gasteiger partial charge on any atom is -0.377 e. The smallest absolute Gasteiger partial charge is 0.227 e. The highest BCUT2D eigenvalue weighted by molar-refractivity contribution is 5.80. The fraction of sp³-hybridized carbons (Fsp3) is 0.917. The highest BCUT2D eigenvalue weighted by Gasteiger charge is 2.33. The molecular formula is C12H22N2O2. The average molecular weight is 226 g/mol. The second-order valence-electron chi connectivity index (χ2n) is 4.96. The second kappa shape index (κ2) is 5.15. The molecule has 1 N–H and O–H groups in total. The van der Waals surface area contributed by atoms with Gasteiger partial charge >= 0.3 is 0 Å². The van der Waals surface area contributed by atoms with Gasteiger partial charge in [0.2, 0.25) is 5.91 Å². The summed E-state index contributed by atoms with van der Waals surface area (Å²) in [7, 11) is 0. The Morgan fingerprint density at radius 3 is 2.94 bits per heavy atom. The normalized spacial score (nSPS) is 36.1. The molecule has 2 rings (SSSR count). The van der Waals surface area contributed by atoms with Crippen molar-refractivity contribution in [2.45, 2.75) is 38.8 Å². The van der Waals surface area contributed by atoms with E-state index in [4.69, 9.17) is 4.74 Å². The Labute approximate surface area is 97.3 Å². The van der Waals surface area contributed by atoms with Crippen LogP contribution in [0.4, 0.5) is 0 Å². The summed E-state index contributed by atoms with van der Waals surface area (Å²) in [5.74, 6) is 0.486. The Morgan fingerprint density at radius 1 is 1.44 bits per heavy atom. The van der Waals surface area contributed by atoms with Gasteiger partial charge in [-0.1, -0.05) is 0 Å². The van der Waals surface area contributed by atoms with E-state index >= 15 is 0 Å². The van der Waals surface area contributed by atoms with Crippen molar-refractivity contribution >= 4 is 5.91 Å². The summed E-state index contributed by atoms with van der Waals surface area (Å²) in [5, 5.41) is 3.34. The first-order chi connectivity index (χ1) is 7.68. The molecule has 2 heterocycles. The molecular weight excluding hydrogens is 204 g/mol. The second-order valence-corrected chi connectivity index (χ2v) is 4.96. The average Bonchev–Trinajstić information content (AvgIpc) is 2.55. The summed E-state index contributed by atoms with van der Waals surface area (Å²) in [4.78, 5) is 14.3. The lowest BCUT2D eigenvalue weighted by molar-refractivity contribution is -0.136. The highest BCUT2D eigenvalue weighted by Crippen LogP contribution is 2.19. The van der Waals surface area contributed by atoms with Crippen LogP contribution < -0.4 is 5.32 Å². The number of amides is 1. The third-order valence-electron chi connectivity index (χ3n) is 3.61. The largest absolute Gasteiger partial charge is 0.377 e. The molecule has 0 spiro atoms. The number of rotatable bonds is 1. The van der Waals surface area contributed by atoms with Gasteiger partial charge in [0.15, 0.2) is 0 Å². The minimum absolute atomic E-state index is 0.172. The lowest BCUT2D eigenvalue weighted by Crippen LogP contribution is -2.42. The van der Waals surface area contributed by atoms with Gasteiger partial charge in [0.05, 0.1) is 12.0 Å². The van der Waals surface area contributed by atoms with Crippen LogP contribution in [0.2, 0.25) is 0 Å². The van der Waals surface area contributed by atoms with Gasteiger partial charge in [-0.25, -0.2) is 0 Å². The molecule has 3 atom stereocenters. The predicted molar refractivity (Wildman–Crippen MR) is 62.2 cm³/mol. The molecule has 92 valence electrons. The molecule has 0 aliphatic carbocycles. The van der Waals surface area contributed by atoms with Crippen molar-refractivity contribution in [2.75, 3.05) is 26.2 Å². The van der Waals surface area contributed by atoms with Crippen LogP contribution in [0.1, 0.15) is 26.7 Å². The zero-order chi connectivity index (χ0) is 11.5. The van der Waals surface area contributed by atoms with E-state index in [1.807, 2.05) is 11.8 Å². The molecule has 0 radical (unpaired) electrons. The van der Waals surface area contributed by atoms with Crippen LogP contribution in [0.3, 0.4) is 0 Å². The number of carbonyl (C=O) groups excluding carboxylic acids is 1. The van der Waals surface area contributed by atoms with Crippen LogP contribution in [0.5, 0.6) is 0 Å². The summed E-state index contributed by atoms with van der Waals surface area (Å²) in [6.45, 7) is 7.50. The maximum atomic E-state index is 12.3. The van der Waals surface area contributed by atoms with E-state index < -0.39 is 0 Å². The van der Waals surface area contributed by atoms with Crippen molar-refractivity contribution in [3.05, 3.63) is 0 Å². The Hall–Kier alpha value is -0.610. The standard InChI is InChI=1S/C12H22N2O2/c1-9-8-14(6-3-7-16-9)12(15)11-4-5-13-10(11)2/h9-11,13H,3-8H2,1-2H3. The maximum Gasteiger partial charge on any atom is 0.227 e. The van der Waals surface area contributed by atoms with E-state index in [1.165, 1.54) is 0 Å². The highest BCUT2D eigenvalue weighted by atomic mass is 16.5. The molecule has 2 aliphatic heterocycles. The van der Waals surface area contributed by atoms with Gasteiger partial charge in [0.25, 0.3) is 0 Å². The Morgan fingerprint density at radius 2 is 2.25 bits per heavy atom. The Balaban J connectivity index is 1.97. The van der Waals surface area contributed by atoms with Crippen molar-refractivity contribution in [1.29, 1.82) is 0 Å². The van der Waals surface area contributed by atoms with Gasteiger partial charge in [-0.3, -0.25) is 4.79 Å². The Bertz CT molecular complexity index is 257. The number of hydrogen-bond donors (Lipinski definition) is 1. The number of nitrogens with one attached hydrogen (secondary N) is 1. The third kappa shape index (κ3) is 2.55. The lowest BCUT2D eigenvalue weighted by Gasteiger charge is -2.26. The van der Waals surface area contributed by atoms with E-state index in [9.17, 15) is 4.79 Å². The molecule has 16 heavy (non-hydrogen) atoms. The number of nitrogens with zero attached hydrogens (tertiary/aromatic N) is 1. The molecule has 0 bridgehead atoms. The van der Waals surface area contributed by atoms with Gasteiger partial charge in [-0.15, -0.1) is 0 Å². The quantitative estimate of drug-likeness (QED) is 0.713. The molecule has 0 aromatic rings. The summed E-state index contributed by atoms with van der Waals surface area (Å²) in [6, 6.07) is 0.326. The lowest BCUT2D eigenvalue weighted by atomic mass is 10.00. The number of hydrogen-bond acceptors (Lipinski definition) is 3. The van der Waals surface area contributed by atoms with E-state index in [0.717, 1.165) is 39.1 Å². The molecule has 2 saturated heterocycles. The van der Waals surface area contributed by atoms with Crippen LogP contribution in [0, 0.1) is 5.92 Å². The van der Waals surface area contributed by atoms with Crippen molar-refractivity contribution in [2.24, 2.45) is 5.92 Å². The van der Waals surface area contributed by atoms with Gasteiger partial charge in [-0.05, 0) is 33.2 Å². The maximum absolute atomic E-state index is 12.3. The van der Waals surface area contributed by atoms with Gasteiger partial charge in [0, 0.05) is 25.7 Å². The van der Waals surface area contributed by atoms with Crippen LogP contribution in [-0.2, 0) is 9.53 Å². The molecule has 0 aromatic heterocycles. The van der Waals surface area contributed by atoms with Crippen molar-refractivity contribution in [3.8, 4) is 0 Å². The van der Waals surface area contributed by atoms with E-state index in [1.54, 1.807) is 0 Å². The number of carbonyl (C=O) groups is 1. The summed E-state index contributed by atoms with van der Waals surface area (Å²) in [5.41, 5.74) is 0. The van der Waals surface area contributed by atoms with Crippen molar-refractivity contribution < 1.29 is 9.53 Å². The van der Waals surface area contributed by atoms with Crippen LogP contribution in [-0.4, -0.2) is 49.2 Å². The molecule has 0 saturated carbocycles. The molecule has 1 amide bonds. The van der Waals surface area contributed by atoms with E-state index in [0.29, 0.717) is 11.9 Å². The minimum atomic E-state index is 0.172. The molecule has 4 heteroatoms. The zero-order valence-electron chi connectivity index (χ0n) is 10.2. The third-order valence-corrected chi connectivity index (χ3v) is 3.61. The van der Waals surface area contributed by atoms with Crippen molar-refractivity contribution in [1.82, 2.24) is 10.2 Å². The predicted octanol–water partition coefficient (Wildman–Crippen LogP) is 0.622. The summed E-state index contributed by atoms with van der Waals surface area (Å²) in [6.07, 6.45) is 2.12. The van der Waals surface area contributed by atoms with Gasteiger partial charge in [-0.2, -0.15) is 0 Å². The SMILES string of the molecule is CC1CN(C(=O)C2CCNC2C)CCCO1. The monoisotopic (exact) mass is 226 g/mol. The van der Waals surface area contributed by atoms with Gasteiger partial charge < -0.3 is 15.0 Å². The van der Waals surface area contributed by atoms with Gasteiger partial charge in [0.1, 0.15) is 0 Å². The Kier molecular flexibility index (Phi) is 3.82.